The van der Waals surface area contributed by atoms with Crippen LogP contribution >= 0.6 is 11.8 Å². The first-order chi connectivity index (χ1) is 14.0. The lowest BCUT2D eigenvalue weighted by Gasteiger charge is -2.16. The molecule has 7 heteroatoms. The Kier molecular flexibility index (Phi) is 5.67. The van der Waals surface area contributed by atoms with Crippen molar-refractivity contribution in [2.24, 2.45) is 0 Å². The molecule has 1 amide bonds. The van der Waals surface area contributed by atoms with Gasteiger partial charge in [-0.25, -0.2) is 0 Å². The van der Waals surface area contributed by atoms with E-state index in [2.05, 4.69) is 45.0 Å². The number of carbonyl (C=O) groups is 1. The summed E-state index contributed by atoms with van der Waals surface area (Å²) in [6.45, 7) is 6.16. The summed E-state index contributed by atoms with van der Waals surface area (Å²) in [6, 6.07) is 12.3. The standard InChI is InChI=1S/C22H25N5OS/c1-14(2)18-8-4-5-9-19(18)24-21(28)15(3)29-22-26-25-20(27(22)17-10-11-17)16-7-6-12-23-13-16/h4-9,12-15,17H,10-11H2,1-3H3,(H,24,28)/t15-/m0/s1. The topological polar surface area (TPSA) is 72.7 Å². The van der Waals surface area contributed by atoms with Gasteiger partial charge < -0.3 is 5.32 Å². The van der Waals surface area contributed by atoms with Crippen LogP contribution in [0.25, 0.3) is 11.4 Å². The molecule has 1 aliphatic rings. The highest BCUT2D eigenvalue weighted by Gasteiger charge is 2.31. The summed E-state index contributed by atoms with van der Waals surface area (Å²) in [5.74, 6) is 1.13. The van der Waals surface area contributed by atoms with Gasteiger partial charge in [-0.3, -0.25) is 14.3 Å². The average Bonchev–Trinajstić information content (AvgIpc) is 3.48. The Hall–Kier alpha value is -2.67. The summed E-state index contributed by atoms with van der Waals surface area (Å²) < 4.78 is 2.16. The number of hydrogen-bond donors (Lipinski definition) is 1. The highest BCUT2D eigenvalue weighted by atomic mass is 32.2. The third-order valence-corrected chi connectivity index (χ3v) is 6.05. The molecule has 150 valence electrons. The average molecular weight is 408 g/mol. The van der Waals surface area contributed by atoms with Crippen LogP contribution in [0.1, 0.15) is 51.1 Å². The Morgan fingerprint density at radius 1 is 1.14 bits per heavy atom. The molecule has 0 aliphatic heterocycles. The Balaban J connectivity index is 1.52. The van der Waals surface area contributed by atoms with Crippen molar-refractivity contribution in [2.75, 3.05) is 5.32 Å². The lowest BCUT2D eigenvalue weighted by molar-refractivity contribution is -0.115. The fourth-order valence-corrected chi connectivity index (χ4v) is 4.19. The van der Waals surface area contributed by atoms with E-state index < -0.39 is 0 Å². The third-order valence-electron chi connectivity index (χ3n) is 4.99. The Morgan fingerprint density at radius 2 is 1.93 bits per heavy atom. The molecule has 1 saturated carbocycles. The van der Waals surface area contributed by atoms with Gasteiger partial charge in [-0.2, -0.15) is 0 Å². The molecule has 0 radical (unpaired) electrons. The minimum Gasteiger partial charge on any atom is -0.325 e. The number of anilines is 1. The molecule has 3 aromatic rings. The predicted molar refractivity (Wildman–Crippen MR) is 116 cm³/mol. The van der Waals surface area contributed by atoms with Crippen molar-refractivity contribution in [1.29, 1.82) is 0 Å². The number of carbonyl (C=O) groups excluding carboxylic acids is 1. The van der Waals surface area contributed by atoms with Gasteiger partial charge in [-0.05, 0) is 49.4 Å². The van der Waals surface area contributed by atoms with Crippen LogP contribution in [0, 0.1) is 0 Å². The molecule has 0 bridgehead atoms. The Bertz CT molecular complexity index is 997. The van der Waals surface area contributed by atoms with Crippen molar-refractivity contribution in [3.63, 3.8) is 0 Å². The molecule has 1 atom stereocenters. The zero-order chi connectivity index (χ0) is 20.4. The molecule has 1 aliphatic carbocycles. The number of aromatic nitrogens is 4. The van der Waals surface area contributed by atoms with E-state index >= 15 is 0 Å². The van der Waals surface area contributed by atoms with Crippen molar-refractivity contribution >= 4 is 23.4 Å². The minimum atomic E-state index is -0.293. The first-order valence-corrected chi connectivity index (χ1v) is 10.8. The predicted octanol–water partition coefficient (Wildman–Crippen LogP) is 4.92. The van der Waals surface area contributed by atoms with Crippen LogP contribution in [0.3, 0.4) is 0 Å². The Morgan fingerprint density at radius 3 is 2.62 bits per heavy atom. The maximum Gasteiger partial charge on any atom is 0.237 e. The number of pyridine rings is 1. The summed E-state index contributed by atoms with van der Waals surface area (Å²) in [5, 5.41) is 12.4. The molecule has 6 nitrogen and oxygen atoms in total. The number of thioether (sulfide) groups is 1. The molecular weight excluding hydrogens is 382 g/mol. The van der Waals surface area contributed by atoms with E-state index in [9.17, 15) is 4.79 Å². The van der Waals surface area contributed by atoms with Crippen LogP contribution in [-0.4, -0.2) is 30.9 Å². The molecule has 1 aromatic carbocycles. The van der Waals surface area contributed by atoms with E-state index in [1.807, 2.05) is 37.3 Å². The van der Waals surface area contributed by atoms with E-state index in [0.717, 1.165) is 40.6 Å². The van der Waals surface area contributed by atoms with Gasteiger partial charge in [0.2, 0.25) is 5.91 Å². The number of hydrogen-bond acceptors (Lipinski definition) is 5. The summed E-state index contributed by atoms with van der Waals surface area (Å²) in [7, 11) is 0. The van der Waals surface area contributed by atoms with Crippen molar-refractivity contribution in [3.8, 4) is 11.4 Å². The Labute approximate surface area is 175 Å². The van der Waals surface area contributed by atoms with Gasteiger partial charge in [-0.15, -0.1) is 10.2 Å². The van der Waals surface area contributed by atoms with E-state index in [1.54, 1.807) is 12.4 Å². The fraction of sp³-hybridized carbons (Fsp3) is 0.364. The maximum absolute atomic E-state index is 12.9. The number of amides is 1. The van der Waals surface area contributed by atoms with Crippen LogP contribution in [-0.2, 0) is 4.79 Å². The molecular formula is C22H25N5OS. The molecule has 0 spiro atoms. The second-order valence-corrected chi connectivity index (χ2v) is 8.95. The second kappa shape index (κ2) is 8.37. The molecule has 1 N–H and O–H groups in total. The normalized spacial score (nSPS) is 14.8. The molecule has 0 saturated heterocycles. The second-order valence-electron chi connectivity index (χ2n) is 7.64. The van der Waals surface area contributed by atoms with Gasteiger partial charge in [-0.1, -0.05) is 43.8 Å². The van der Waals surface area contributed by atoms with E-state index in [1.165, 1.54) is 11.8 Å². The summed E-state index contributed by atoms with van der Waals surface area (Å²) >= 11 is 1.45. The zero-order valence-corrected chi connectivity index (χ0v) is 17.7. The maximum atomic E-state index is 12.9. The van der Waals surface area contributed by atoms with Crippen molar-refractivity contribution < 1.29 is 4.79 Å². The third kappa shape index (κ3) is 4.34. The summed E-state index contributed by atoms with van der Waals surface area (Å²) in [5.41, 5.74) is 2.96. The molecule has 2 aromatic heterocycles. The van der Waals surface area contributed by atoms with Gasteiger partial charge in [0, 0.05) is 29.7 Å². The lowest BCUT2D eigenvalue weighted by Crippen LogP contribution is -2.23. The first kappa shape index (κ1) is 19.6. The van der Waals surface area contributed by atoms with Gasteiger partial charge in [0.05, 0.1) is 5.25 Å². The number of benzene rings is 1. The van der Waals surface area contributed by atoms with Crippen molar-refractivity contribution in [3.05, 3.63) is 54.4 Å². The van der Waals surface area contributed by atoms with Crippen LogP contribution < -0.4 is 5.32 Å². The van der Waals surface area contributed by atoms with E-state index in [4.69, 9.17) is 0 Å². The number of nitrogens with zero attached hydrogens (tertiary/aromatic N) is 4. The molecule has 4 rings (SSSR count). The van der Waals surface area contributed by atoms with Crippen LogP contribution in [0.2, 0.25) is 0 Å². The number of rotatable bonds is 7. The molecule has 2 heterocycles. The van der Waals surface area contributed by atoms with Crippen molar-refractivity contribution in [1.82, 2.24) is 19.7 Å². The zero-order valence-electron chi connectivity index (χ0n) is 16.9. The smallest absolute Gasteiger partial charge is 0.237 e. The van der Waals surface area contributed by atoms with Crippen LogP contribution in [0.4, 0.5) is 5.69 Å². The summed E-state index contributed by atoms with van der Waals surface area (Å²) in [4.78, 5) is 17.1. The molecule has 29 heavy (non-hydrogen) atoms. The minimum absolute atomic E-state index is 0.0311. The van der Waals surface area contributed by atoms with Gasteiger partial charge in [0.25, 0.3) is 0 Å². The number of nitrogens with one attached hydrogen (secondary N) is 1. The fourth-order valence-electron chi connectivity index (χ4n) is 3.27. The monoisotopic (exact) mass is 407 g/mol. The lowest BCUT2D eigenvalue weighted by atomic mass is 10.0. The molecule has 1 fully saturated rings. The van der Waals surface area contributed by atoms with Crippen molar-refractivity contribution in [2.45, 2.75) is 56.0 Å². The van der Waals surface area contributed by atoms with Gasteiger partial charge in [0.15, 0.2) is 11.0 Å². The van der Waals surface area contributed by atoms with E-state index in [0.29, 0.717) is 12.0 Å². The van der Waals surface area contributed by atoms with Gasteiger partial charge >= 0.3 is 0 Å². The molecule has 0 unspecified atom stereocenters. The summed E-state index contributed by atoms with van der Waals surface area (Å²) in [6.07, 6.45) is 5.77. The first-order valence-electron chi connectivity index (χ1n) is 9.96. The van der Waals surface area contributed by atoms with E-state index in [-0.39, 0.29) is 11.2 Å². The van der Waals surface area contributed by atoms with Crippen LogP contribution in [0.15, 0.2) is 53.9 Å². The highest BCUT2D eigenvalue weighted by Crippen LogP contribution is 2.41. The largest absolute Gasteiger partial charge is 0.325 e. The van der Waals surface area contributed by atoms with Gasteiger partial charge in [0.1, 0.15) is 0 Å². The SMILES string of the molecule is CC(C)c1ccccc1NC(=O)[C@H](C)Sc1nnc(-c2cccnc2)n1C1CC1. The number of para-hydroxylation sites is 1. The van der Waals surface area contributed by atoms with Crippen LogP contribution in [0.5, 0.6) is 0 Å². The quantitative estimate of drug-likeness (QED) is 0.563. The highest BCUT2D eigenvalue weighted by molar-refractivity contribution is 8.00.